The summed E-state index contributed by atoms with van der Waals surface area (Å²) < 4.78 is 68.4. The molecule has 0 aliphatic rings. The molecule has 0 bridgehead atoms. The van der Waals surface area contributed by atoms with Gasteiger partial charge in [-0.2, -0.15) is 0 Å². The maximum absolute atomic E-state index is 13.1. The highest BCUT2D eigenvalue weighted by atomic mass is 31.2. The number of rotatable bonds is 70. The Morgan fingerprint density at radius 1 is 0.284 bits per heavy atom. The standard InChI is InChI=1S/C83H134O17P2/c1-5-9-13-17-21-25-29-33-36-37-38-39-42-45-48-52-56-60-64-68-81(86)94-74-79(100-83(88)70-66-62-58-54-50-46-41-35-31-27-23-19-15-11-7-3)76-98-102(91,92)96-72-77(84)71-95-101(89,90)97-75-78(99-82(87)69-65-61-57-53-49-43-32-28-24-20-16-12-8-4)73-93-80(85)67-63-59-55-51-47-44-40-34-30-26-22-18-14-10-6-2/h9-11,13-16,20-23,25-28,32-36,38-41,47,50-51,54,77-79,84H,5-8,12,17-19,24,29-31,37,42-46,48-49,52-53,55-76H2,1-4H3,(H,89,90)(H,91,92)/b13-9-,14-10-,15-11-,20-16-,25-21-,26-22-,27-23-,32-28-,36-33-,39-38-,40-34-,41-35-,51-47-,54-50-. The first-order valence-electron chi connectivity index (χ1n) is 38.4. The molecule has 19 heteroatoms. The summed E-state index contributed by atoms with van der Waals surface area (Å²) in [7, 11) is -10.00. The highest BCUT2D eigenvalue weighted by Gasteiger charge is 2.30. The molecule has 578 valence electrons. The maximum Gasteiger partial charge on any atom is 0.472 e. The molecule has 102 heavy (non-hydrogen) atoms. The summed E-state index contributed by atoms with van der Waals surface area (Å²) in [5.41, 5.74) is 0. The molecular weight excluding hydrogens is 1330 g/mol. The van der Waals surface area contributed by atoms with Gasteiger partial charge < -0.3 is 33.8 Å². The number of esters is 4. The molecule has 0 fully saturated rings. The number of hydrogen-bond acceptors (Lipinski definition) is 15. The van der Waals surface area contributed by atoms with Crippen LogP contribution in [0.15, 0.2) is 170 Å². The third-order valence-corrected chi connectivity index (χ3v) is 17.0. The van der Waals surface area contributed by atoms with E-state index in [0.717, 1.165) is 186 Å². The van der Waals surface area contributed by atoms with Gasteiger partial charge in [0.1, 0.15) is 19.3 Å². The van der Waals surface area contributed by atoms with Crippen molar-refractivity contribution in [3.8, 4) is 0 Å². The van der Waals surface area contributed by atoms with E-state index in [1.54, 1.807) is 0 Å². The van der Waals surface area contributed by atoms with E-state index in [-0.39, 0.29) is 25.7 Å². The van der Waals surface area contributed by atoms with Crippen molar-refractivity contribution >= 4 is 39.5 Å². The van der Waals surface area contributed by atoms with E-state index >= 15 is 0 Å². The number of aliphatic hydroxyl groups excluding tert-OH is 1. The summed E-state index contributed by atoms with van der Waals surface area (Å²) in [6.07, 6.45) is 86.4. The van der Waals surface area contributed by atoms with E-state index in [1.165, 1.54) is 0 Å². The Kier molecular flexibility index (Phi) is 69.7. The molecule has 0 spiro atoms. The Morgan fingerprint density at radius 2 is 0.510 bits per heavy atom. The average molecular weight is 1470 g/mol. The lowest BCUT2D eigenvalue weighted by Gasteiger charge is -2.21. The zero-order valence-corrected chi connectivity index (χ0v) is 64.8. The lowest BCUT2D eigenvalue weighted by atomic mass is 10.1. The molecule has 5 unspecified atom stereocenters. The van der Waals surface area contributed by atoms with Crippen LogP contribution in [0.3, 0.4) is 0 Å². The van der Waals surface area contributed by atoms with Gasteiger partial charge in [-0.05, 0) is 167 Å². The molecule has 0 aliphatic heterocycles. The van der Waals surface area contributed by atoms with Crippen LogP contribution in [-0.2, 0) is 65.4 Å². The third-order valence-electron chi connectivity index (χ3n) is 15.1. The second-order valence-electron chi connectivity index (χ2n) is 24.8. The fraction of sp³-hybridized carbons (Fsp3) is 0.614. The molecule has 0 aliphatic carbocycles. The Hall–Kier alpha value is -5.58. The van der Waals surface area contributed by atoms with Gasteiger partial charge in [0.15, 0.2) is 12.2 Å². The van der Waals surface area contributed by atoms with E-state index in [1.807, 2.05) is 0 Å². The van der Waals surface area contributed by atoms with Gasteiger partial charge in [0.25, 0.3) is 0 Å². The Balaban J connectivity index is 5.45. The summed E-state index contributed by atoms with van der Waals surface area (Å²) in [4.78, 5) is 72.9. The third kappa shape index (κ3) is 72.8. The molecular formula is C83H134O17P2. The predicted octanol–water partition coefficient (Wildman–Crippen LogP) is 22.2. The van der Waals surface area contributed by atoms with Gasteiger partial charge in [-0.25, -0.2) is 9.13 Å². The quantitative estimate of drug-likeness (QED) is 0.0169. The average Bonchev–Trinajstić information content (AvgIpc) is 0.924. The molecule has 3 N–H and O–H groups in total. The normalized spacial score (nSPS) is 14.9. The molecule has 0 aromatic carbocycles. The topological polar surface area (TPSA) is 237 Å². The number of phosphoric ester groups is 2. The smallest absolute Gasteiger partial charge is 0.462 e. The first-order valence-corrected chi connectivity index (χ1v) is 41.4. The van der Waals surface area contributed by atoms with Crippen LogP contribution in [0, 0.1) is 0 Å². The van der Waals surface area contributed by atoms with Gasteiger partial charge in [0, 0.05) is 25.7 Å². The van der Waals surface area contributed by atoms with Gasteiger partial charge in [0.05, 0.1) is 26.4 Å². The molecule has 0 amide bonds. The van der Waals surface area contributed by atoms with Crippen molar-refractivity contribution in [2.75, 3.05) is 39.6 Å². The van der Waals surface area contributed by atoms with Crippen molar-refractivity contribution in [1.82, 2.24) is 0 Å². The monoisotopic (exact) mass is 1460 g/mol. The van der Waals surface area contributed by atoms with Gasteiger partial charge >= 0.3 is 39.5 Å². The van der Waals surface area contributed by atoms with E-state index in [2.05, 4.69) is 198 Å². The number of hydrogen-bond donors (Lipinski definition) is 3. The lowest BCUT2D eigenvalue weighted by molar-refractivity contribution is -0.161. The number of carbonyl (C=O) groups is 4. The Labute approximate surface area is 616 Å². The first-order chi connectivity index (χ1) is 49.7. The molecule has 0 radical (unpaired) electrons. The summed E-state index contributed by atoms with van der Waals surface area (Å²) in [6, 6.07) is 0. The molecule has 0 saturated carbocycles. The van der Waals surface area contributed by atoms with Crippen molar-refractivity contribution in [1.29, 1.82) is 0 Å². The molecule has 5 atom stereocenters. The van der Waals surface area contributed by atoms with Crippen molar-refractivity contribution in [2.45, 2.75) is 290 Å². The number of aliphatic hydroxyl groups is 1. The van der Waals surface area contributed by atoms with E-state index in [0.29, 0.717) is 32.1 Å². The summed E-state index contributed by atoms with van der Waals surface area (Å²) >= 11 is 0. The van der Waals surface area contributed by atoms with Crippen LogP contribution in [-0.4, -0.2) is 96.7 Å². The fourth-order valence-corrected chi connectivity index (χ4v) is 11.0. The Morgan fingerprint density at radius 3 is 0.804 bits per heavy atom. The van der Waals surface area contributed by atoms with Crippen molar-refractivity contribution in [2.24, 2.45) is 0 Å². The fourth-order valence-electron chi connectivity index (χ4n) is 9.41. The Bertz CT molecular complexity index is 2600. The summed E-state index contributed by atoms with van der Waals surface area (Å²) in [5.74, 6) is -2.32. The number of allylic oxidation sites excluding steroid dienone is 28. The second-order valence-corrected chi connectivity index (χ2v) is 27.7. The van der Waals surface area contributed by atoms with Crippen LogP contribution in [0.1, 0.15) is 272 Å². The number of phosphoric acid groups is 2. The van der Waals surface area contributed by atoms with E-state index < -0.39 is 97.5 Å². The molecule has 0 heterocycles. The van der Waals surface area contributed by atoms with Crippen molar-refractivity contribution < 1.29 is 80.2 Å². The minimum absolute atomic E-state index is 0.0319. The van der Waals surface area contributed by atoms with E-state index in [9.17, 15) is 43.2 Å². The SMILES string of the molecule is CC/C=C\C/C=C\C/C=C\C/C=C\CCCCCCCCC(=O)OCC(COP(=O)(O)OCC(O)COP(=O)(O)OCC(COC(=O)CCCC/C=C\C/C=C\C/C=C\C/C=C\CC)OC(=O)CCCCCCC/C=C\C/C=C\CCC)OC(=O)CCCC/C=C\C/C=C\C/C=C\C/C=C\CC. The van der Waals surface area contributed by atoms with Gasteiger partial charge in [0.2, 0.25) is 0 Å². The zero-order chi connectivity index (χ0) is 74.6. The van der Waals surface area contributed by atoms with Crippen molar-refractivity contribution in [3.63, 3.8) is 0 Å². The lowest BCUT2D eigenvalue weighted by Crippen LogP contribution is -2.30. The van der Waals surface area contributed by atoms with Crippen LogP contribution >= 0.6 is 15.6 Å². The van der Waals surface area contributed by atoms with Gasteiger partial charge in [-0.1, -0.05) is 249 Å². The summed E-state index contributed by atoms with van der Waals surface area (Å²) in [6.45, 7) is 4.31. The molecule has 0 rings (SSSR count). The second kappa shape index (κ2) is 73.7. The highest BCUT2D eigenvalue weighted by molar-refractivity contribution is 7.47. The zero-order valence-electron chi connectivity index (χ0n) is 63.0. The minimum atomic E-state index is -5.00. The predicted molar refractivity (Wildman–Crippen MR) is 417 cm³/mol. The first kappa shape index (κ1) is 96.4. The number of unbranched alkanes of at least 4 members (excludes halogenated alkanes) is 16. The van der Waals surface area contributed by atoms with Crippen LogP contribution in [0.25, 0.3) is 0 Å². The van der Waals surface area contributed by atoms with Crippen LogP contribution < -0.4 is 0 Å². The molecule has 17 nitrogen and oxygen atoms in total. The molecule has 0 aromatic heterocycles. The largest absolute Gasteiger partial charge is 0.472 e. The number of ether oxygens (including phenoxy) is 4. The van der Waals surface area contributed by atoms with Crippen LogP contribution in [0.5, 0.6) is 0 Å². The van der Waals surface area contributed by atoms with E-state index in [4.69, 9.17) is 37.0 Å². The maximum atomic E-state index is 13.1. The molecule has 0 saturated heterocycles. The number of carbonyl (C=O) groups excluding carboxylic acids is 4. The molecule has 0 aromatic rings. The van der Waals surface area contributed by atoms with Crippen LogP contribution in [0.4, 0.5) is 0 Å². The van der Waals surface area contributed by atoms with Crippen molar-refractivity contribution in [3.05, 3.63) is 170 Å². The van der Waals surface area contributed by atoms with Gasteiger partial charge in [-0.3, -0.25) is 37.3 Å². The van der Waals surface area contributed by atoms with Gasteiger partial charge in [-0.15, -0.1) is 0 Å². The minimum Gasteiger partial charge on any atom is -0.462 e. The van der Waals surface area contributed by atoms with Crippen LogP contribution in [0.2, 0.25) is 0 Å². The highest BCUT2D eigenvalue weighted by Crippen LogP contribution is 2.45. The summed E-state index contributed by atoms with van der Waals surface area (Å²) in [5, 5.41) is 10.6.